The molecule has 1 N–H and O–H groups in total. The van der Waals surface area contributed by atoms with E-state index in [-0.39, 0.29) is 0 Å². The Bertz CT molecular complexity index is 419. The highest BCUT2D eigenvalue weighted by molar-refractivity contribution is 14.1. The molecule has 0 amide bonds. The fraction of sp³-hybridized carbons (Fsp3) is 0. The Morgan fingerprint density at radius 2 is 1.71 bits per heavy atom. The van der Waals surface area contributed by atoms with Gasteiger partial charge >= 0.3 is 0 Å². The Labute approximate surface area is 94.2 Å². The lowest BCUT2D eigenvalue weighted by Gasteiger charge is -2.04. The van der Waals surface area contributed by atoms with Gasteiger partial charge in [-0.15, -0.1) is 0 Å². The lowest BCUT2D eigenvalue weighted by Crippen LogP contribution is -1.97. The molecule has 6 heteroatoms. The molecule has 0 bridgehead atoms. The van der Waals surface area contributed by atoms with Gasteiger partial charge in [-0.3, -0.25) is 0 Å². The van der Waals surface area contributed by atoms with E-state index < -0.39 is 0 Å². The molecule has 0 aromatic carbocycles. The second-order valence-corrected chi connectivity index (χ2v) is 3.63. The summed E-state index contributed by atoms with van der Waals surface area (Å²) in [7, 11) is 0. The van der Waals surface area contributed by atoms with E-state index in [4.69, 9.17) is 0 Å². The molecule has 0 atom stereocenters. The molecule has 0 fully saturated rings. The van der Waals surface area contributed by atoms with E-state index in [0.29, 0.717) is 0 Å². The SMILES string of the molecule is Ic1cncnc1Nc1cncnc1. The minimum absolute atomic E-state index is 0.760. The quantitative estimate of drug-likeness (QED) is 0.854. The lowest BCUT2D eigenvalue weighted by molar-refractivity contribution is 1.13. The van der Waals surface area contributed by atoms with Crippen molar-refractivity contribution in [3.8, 4) is 0 Å². The summed E-state index contributed by atoms with van der Waals surface area (Å²) < 4.78 is 0.953. The molecule has 5 nitrogen and oxygen atoms in total. The summed E-state index contributed by atoms with van der Waals surface area (Å²) in [5, 5.41) is 3.09. The molecule has 0 unspecified atom stereocenters. The topological polar surface area (TPSA) is 63.6 Å². The van der Waals surface area contributed by atoms with E-state index >= 15 is 0 Å². The van der Waals surface area contributed by atoms with Gasteiger partial charge in [-0.05, 0) is 22.6 Å². The summed E-state index contributed by atoms with van der Waals surface area (Å²) in [5.74, 6) is 0.760. The van der Waals surface area contributed by atoms with Crippen LogP contribution in [0.15, 0.2) is 31.2 Å². The second-order valence-electron chi connectivity index (χ2n) is 2.47. The molecule has 0 spiro atoms. The highest BCUT2D eigenvalue weighted by Crippen LogP contribution is 2.16. The van der Waals surface area contributed by atoms with Crippen molar-refractivity contribution >= 4 is 34.1 Å². The highest BCUT2D eigenvalue weighted by Gasteiger charge is 2.00. The summed E-state index contributed by atoms with van der Waals surface area (Å²) in [6.07, 6.45) is 8.08. The number of hydrogen-bond acceptors (Lipinski definition) is 5. The van der Waals surface area contributed by atoms with Gasteiger partial charge in [0.15, 0.2) is 0 Å². The van der Waals surface area contributed by atoms with Crippen molar-refractivity contribution in [1.82, 2.24) is 19.9 Å². The number of halogens is 1. The molecule has 0 aliphatic heterocycles. The third-order valence-corrected chi connectivity index (χ3v) is 2.28. The third kappa shape index (κ3) is 2.13. The van der Waals surface area contributed by atoms with Crippen LogP contribution >= 0.6 is 22.6 Å². The maximum Gasteiger partial charge on any atom is 0.147 e. The Morgan fingerprint density at radius 1 is 1.00 bits per heavy atom. The molecule has 0 saturated carbocycles. The molecule has 2 heterocycles. The van der Waals surface area contributed by atoms with Gasteiger partial charge in [-0.1, -0.05) is 0 Å². The normalized spacial score (nSPS) is 9.79. The lowest BCUT2D eigenvalue weighted by atomic mass is 10.5. The maximum absolute atomic E-state index is 4.09. The molecule has 2 aromatic heterocycles. The average molecular weight is 299 g/mol. The molecule has 2 aromatic rings. The zero-order valence-corrected chi connectivity index (χ0v) is 9.21. The van der Waals surface area contributed by atoms with Gasteiger partial charge in [0.05, 0.1) is 21.7 Å². The number of hydrogen-bond donors (Lipinski definition) is 1. The van der Waals surface area contributed by atoms with E-state index in [0.717, 1.165) is 15.1 Å². The molecule has 70 valence electrons. The summed E-state index contributed by atoms with van der Waals surface area (Å²) >= 11 is 2.16. The smallest absolute Gasteiger partial charge is 0.147 e. The van der Waals surface area contributed by atoms with Crippen molar-refractivity contribution in [1.29, 1.82) is 0 Å². The van der Waals surface area contributed by atoms with Gasteiger partial charge in [0.25, 0.3) is 0 Å². The number of rotatable bonds is 2. The molecule has 0 radical (unpaired) electrons. The zero-order chi connectivity index (χ0) is 9.80. The molecular weight excluding hydrogens is 293 g/mol. The monoisotopic (exact) mass is 299 g/mol. The maximum atomic E-state index is 4.09. The van der Waals surface area contributed by atoms with Crippen LogP contribution in [0, 0.1) is 3.57 Å². The van der Waals surface area contributed by atoms with Crippen molar-refractivity contribution in [2.45, 2.75) is 0 Å². The Kier molecular flexibility index (Phi) is 2.82. The van der Waals surface area contributed by atoms with Crippen LogP contribution in [0.5, 0.6) is 0 Å². The number of nitrogens with one attached hydrogen (secondary N) is 1. The first-order valence-electron chi connectivity index (χ1n) is 3.84. The number of aromatic nitrogens is 4. The first kappa shape index (κ1) is 9.25. The standard InChI is InChI=1S/C8H6IN5/c9-7-3-12-5-13-8(7)14-6-1-10-4-11-2-6/h1-5H,(H,12,13,14). The zero-order valence-electron chi connectivity index (χ0n) is 7.05. The van der Waals surface area contributed by atoms with Crippen LogP contribution in [0.3, 0.4) is 0 Å². The molecule has 14 heavy (non-hydrogen) atoms. The van der Waals surface area contributed by atoms with E-state index in [9.17, 15) is 0 Å². The molecular formula is C8H6IN5. The van der Waals surface area contributed by atoms with Crippen LogP contribution in [-0.4, -0.2) is 19.9 Å². The molecule has 0 aliphatic carbocycles. The minimum atomic E-state index is 0.760. The molecule has 0 saturated heterocycles. The summed E-state index contributed by atoms with van der Waals surface area (Å²) in [6.45, 7) is 0. The summed E-state index contributed by atoms with van der Waals surface area (Å²) in [4.78, 5) is 15.8. The average Bonchev–Trinajstić information content (AvgIpc) is 2.23. The van der Waals surface area contributed by atoms with Crippen molar-refractivity contribution in [2.24, 2.45) is 0 Å². The van der Waals surface area contributed by atoms with Crippen molar-refractivity contribution < 1.29 is 0 Å². The minimum Gasteiger partial charge on any atom is -0.337 e. The van der Waals surface area contributed by atoms with Crippen LogP contribution in [0.1, 0.15) is 0 Å². The predicted octanol–water partition coefficient (Wildman–Crippen LogP) is 1.61. The fourth-order valence-electron chi connectivity index (χ4n) is 0.905. The third-order valence-electron chi connectivity index (χ3n) is 1.49. The van der Waals surface area contributed by atoms with E-state index in [1.807, 2.05) is 0 Å². The van der Waals surface area contributed by atoms with Crippen LogP contribution in [0.4, 0.5) is 11.5 Å². The van der Waals surface area contributed by atoms with E-state index in [2.05, 4.69) is 47.8 Å². The molecule has 2 rings (SSSR count). The van der Waals surface area contributed by atoms with E-state index in [1.54, 1.807) is 18.6 Å². The number of anilines is 2. The second kappa shape index (κ2) is 4.27. The summed E-state index contributed by atoms with van der Waals surface area (Å²) in [5.41, 5.74) is 0.809. The molecule has 0 aliphatic rings. The predicted molar refractivity (Wildman–Crippen MR) is 60.1 cm³/mol. The van der Waals surface area contributed by atoms with Crippen LogP contribution in [0.25, 0.3) is 0 Å². The Morgan fingerprint density at radius 3 is 2.43 bits per heavy atom. The van der Waals surface area contributed by atoms with Gasteiger partial charge < -0.3 is 5.32 Å². The number of nitrogens with zero attached hydrogens (tertiary/aromatic N) is 4. The fourth-order valence-corrected chi connectivity index (χ4v) is 1.34. The highest BCUT2D eigenvalue weighted by atomic mass is 127. The van der Waals surface area contributed by atoms with Gasteiger partial charge in [-0.25, -0.2) is 19.9 Å². The van der Waals surface area contributed by atoms with Crippen molar-refractivity contribution in [3.05, 3.63) is 34.8 Å². The van der Waals surface area contributed by atoms with Gasteiger partial charge in [-0.2, -0.15) is 0 Å². The van der Waals surface area contributed by atoms with Crippen LogP contribution in [-0.2, 0) is 0 Å². The van der Waals surface area contributed by atoms with Crippen molar-refractivity contribution in [2.75, 3.05) is 5.32 Å². The van der Waals surface area contributed by atoms with Gasteiger partial charge in [0.1, 0.15) is 18.5 Å². The van der Waals surface area contributed by atoms with Gasteiger partial charge in [0, 0.05) is 6.20 Å². The Hall–Kier alpha value is -1.31. The first-order valence-corrected chi connectivity index (χ1v) is 4.91. The van der Waals surface area contributed by atoms with Crippen LogP contribution in [0.2, 0.25) is 0 Å². The van der Waals surface area contributed by atoms with Crippen molar-refractivity contribution in [3.63, 3.8) is 0 Å². The van der Waals surface area contributed by atoms with E-state index in [1.165, 1.54) is 12.7 Å². The Balaban J connectivity index is 2.24. The van der Waals surface area contributed by atoms with Gasteiger partial charge in [0.2, 0.25) is 0 Å². The van der Waals surface area contributed by atoms with Crippen LogP contribution < -0.4 is 5.32 Å². The first-order chi connectivity index (χ1) is 6.86. The largest absolute Gasteiger partial charge is 0.337 e. The summed E-state index contributed by atoms with van der Waals surface area (Å²) in [6, 6.07) is 0.